The molecule has 2 aromatic carbocycles. The summed E-state index contributed by atoms with van der Waals surface area (Å²) >= 11 is 0. The number of aliphatic hydroxyl groups is 1. The first-order valence-electron chi connectivity index (χ1n) is 8.79. The van der Waals surface area contributed by atoms with Crippen molar-refractivity contribution in [3.05, 3.63) is 64.0 Å². The van der Waals surface area contributed by atoms with Crippen LogP contribution in [-0.4, -0.2) is 25.7 Å². The van der Waals surface area contributed by atoms with Gasteiger partial charge in [0.25, 0.3) is 5.92 Å². The Bertz CT molecular complexity index is 1030. The number of alkyl halides is 2. The molecular formula is C20H19F3O3S. The molecule has 2 atom stereocenters. The molecule has 3 nitrogen and oxygen atoms in total. The van der Waals surface area contributed by atoms with Crippen LogP contribution in [0, 0.1) is 5.82 Å². The number of hydrogen-bond donors (Lipinski definition) is 1. The van der Waals surface area contributed by atoms with E-state index in [2.05, 4.69) is 0 Å². The highest BCUT2D eigenvalue weighted by Gasteiger charge is 2.50. The van der Waals surface area contributed by atoms with Gasteiger partial charge in [-0.1, -0.05) is 12.1 Å². The average Bonchev–Trinajstić information content (AvgIpc) is 2.82. The standard InChI is InChI=1S/C20H19F3O3S/c1-27(25,26)17-8-7-15(16-10-20(22,23)19(24)18(16)17)14-4-2-3-11-9-12(21)5-6-13(11)14/h5-9,14,19,24H,2-4,10H2,1H3/t14?,19-/m0/s1. The topological polar surface area (TPSA) is 54.4 Å². The molecule has 2 aliphatic carbocycles. The molecule has 1 N–H and O–H groups in total. The molecule has 2 aliphatic rings. The van der Waals surface area contributed by atoms with Crippen molar-refractivity contribution in [1.82, 2.24) is 0 Å². The van der Waals surface area contributed by atoms with Crippen LogP contribution in [0.5, 0.6) is 0 Å². The number of aryl methyl sites for hydroxylation is 1. The van der Waals surface area contributed by atoms with Crippen LogP contribution in [0.4, 0.5) is 13.2 Å². The van der Waals surface area contributed by atoms with Crippen LogP contribution in [0.25, 0.3) is 0 Å². The molecular weight excluding hydrogens is 377 g/mol. The summed E-state index contributed by atoms with van der Waals surface area (Å²) in [5, 5.41) is 10.1. The molecule has 0 radical (unpaired) electrons. The van der Waals surface area contributed by atoms with Gasteiger partial charge < -0.3 is 5.11 Å². The van der Waals surface area contributed by atoms with Gasteiger partial charge in [-0.3, -0.25) is 0 Å². The minimum Gasteiger partial charge on any atom is -0.382 e. The molecule has 0 amide bonds. The van der Waals surface area contributed by atoms with E-state index in [0.29, 0.717) is 18.4 Å². The van der Waals surface area contributed by atoms with Gasteiger partial charge in [-0.05, 0) is 59.7 Å². The second-order valence-corrected chi connectivity index (χ2v) is 9.43. The number of rotatable bonds is 2. The lowest BCUT2D eigenvalue weighted by Gasteiger charge is -2.28. The first kappa shape index (κ1) is 18.5. The van der Waals surface area contributed by atoms with Crippen LogP contribution in [-0.2, 0) is 22.7 Å². The van der Waals surface area contributed by atoms with E-state index in [1.165, 1.54) is 18.2 Å². The Morgan fingerprint density at radius 2 is 1.85 bits per heavy atom. The zero-order valence-corrected chi connectivity index (χ0v) is 15.5. The SMILES string of the molecule is CS(=O)(=O)c1ccc(C2CCCc3cc(F)ccc32)c2c1[C@H](O)C(F)(F)C2. The lowest BCUT2D eigenvalue weighted by Crippen LogP contribution is -2.22. The minimum atomic E-state index is -3.77. The van der Waals surface area contributed by atoms with E-state index in [1.54, 1.807) is 12.1 Å². The molecule has 0 heterocycles. The smallest absolute Gasteiger partial charge is 0.281 e. The highest BCUT2D eigenvalue weighted by atomic mass is 32.2. The molecule has 4 rings (SSSR count). The van der Waals surface area contributed by atoms with Crippen molar-refractivity contribution < 1.29 is 26.7 Å². The monoisotopic (exact) mass is 396 g/mol. The molecule has 0 fully saturated rings. The van der Waals surface area contributed by atoms with Crippen LogP contribution in [0.15, 0.2) is 35.2 Å². The number of aliphatic hydroxyl groups excluding tert-OH is 1. The van der Waals surface area contributed by atoms with Gasteiger partial charge in [-0.25, -0.2) is 21.6 Å². The molecule has 2 aromatic rings. The maximum Gasteiger partial charge on any atom is 0.281 e. The number of fused-ring (bicyclic) bond motifs is 2. The third-order valence-electron chi connectivity index (χ3n) is 5.63. The van der Waals surface area contributed by atoms with Crippen LogP contribution in [0.1, 0.15) is 52.7 Å². The lowest BCUT2D eigenvalue weighted by atomic mass is 9.77. The molecule has 7 heteroatoms. The Labute approximate surface area is 155 Å². The van der Waals surface area contributed by atoms with E-state index >= 15 is 0 Å². The summed E-state index contributed by atoms with van der Waals surface area (Å²) in [5.74, 6) is -3.98. The summed E-state index contributed by atoms with van der Waals surface area (Å²) in [7, 11) is -3.77. The highest BCUT2D eigenvalue weighted by Crippen LogP contribution is 2.50. The Morgan fingerprint density at radius 3 is 2.56 bits per heavy atom. The van der Waals surface area contributed by atoms with E-state index in [1.807, 2.05) is 0 Å². The van der Waals surface area contributed by atoms with Crippen molar-refractivity contribution in [2.45, 2.75) is 48.5 Å². The van der Waals surface area contributed by atoms with Gasteiger partial charge in [-0.15, -0.1) is 0 Å². The van der Waals surface area contributed by atoms with Gasteiger partial charge in [0.1, 0.15) is 11.9 Å². The van der Waals surface area contributed by atoms with Gasteiger partial charge in [0, 0.05) is 24.2 Å². The Balaban J connectivity index is 1.93. The van der Waals surface area contributed by atoms with E-state index in [9.17, 15) is 26.7 Å². The Hall–Kier alpha value is -1.86. The first-order valence-corrected chi connectivity index (χ1v) is 10.7. The predicted octanol–water partition coefficient (Wildman–Crippen LogP) is 3.92. The molecule has 0 saturated carbocycles. The zero-order chi connectivity index (χ0) is 19.6. The average molecular weight is 396 g/mol. The fourth-order valence-electron chi connectivity index (χ4n) is 4.46. The third kappa shape index (κ3) is 2.97. The van der Waals surface area contributed by atoms with Crippen molar-refractivity contribution >= 4 is 9.84 Å². The summed E-state index contributed by atoms with van der Waals surface area (Å²) < 4.78 is 66.3. The normalized spacial score (nSPS) is 23.7. The number of benzene rings is 2. The van der Waals surface area contributed by atoms with Crippen LogP contribution in [0.3, 0.4) is 0 Å². The van der Waals surface area contributed by atoms with Gasteiger partial charge in [-0.2, -0.15) is 0 Å². The van der Waals surface area contributed by atoms with Gasteiger partial charge >= 0.3 is 0 Å². The minimum absolute atomic E-state index is 0.186. The second kappa shape index (κ2) is 6.07. The molecule has 0 aromatic heterocycles. The summed E-state index contributed by atoms with van der Waals surface area (Å²) in [6.45, 7) is 0. The van der Waals surface area contributed by atoms with Crippen molar-refractivity contribution in [3.63, 3.8) is 0 Å². The van der Waals surface area contributed by atoms with Crippen molar-refractivity contribution in [1.29, 1.82) is 0 Å². The summed E-state index contributed by atoms with van der Waals surface area (Å²) in [6.07, 6.45) is 0.298. The third-order valence-corrected chi connectivity index (χ3v) is 6.79. The quantitative estimate of drug-likeness (QED) is 0.837. The van der Waals surface area contributed by atoms with Crippen LogP contribution < -0.4 is 0 Å². The van der Waals surface area contributed by atoms with Gasteiger partial charge in [0.05, 0.1) is 4.90 Å². The van der Waals surface area contributed by atoms with Crippen LogP contribution in [0.2, 0.25) is 0 Å². The van der Waals surface area contributed by atoms with Gasteiger partial charge in [0.2, 0.25) is 0 Å². The molecule has 144 valence electrons. The van der Waals surface area contributed by atoms with E-state index in [-0.39, 0.29) is 27.8 Å². The lowest BCUT2D eigenvalue weighted by molar-refractivity contribution is -0.0976. The predicted molar refractivity (Wildman–Crippen MR) is 94.3 cm³/mol. The summed E-state index contributed by atoms with van der Waals surface area (Å²) in [4.78, 5) is -0.249. The maximum atomic E-state index is 14.3. The summed E-state index contributed by atoms with van der Waals surface area (Å²) in [6, 6.07) is 7.38. The Kier molecular flexibility index (Phi) is 4.16. The molecule has 1 unspecified atom stereocenters. The number of halogens is 3. The van der Waals surface area contributed by atoms with Crippen molar-refractivity contribution in [3.8, 4) is 0 Å². The highest BCUT2D eigenvalue weighted by molar-refractivity contribution is 7.90. The molecule has 0 saturated heterocycles. The maximum absolute atomic E-state index is 14.3. The van der Waals surface area contributed by atoms with Crippen molar-refractivity contribution in [2.24, 2.45) is 0 Å². The Morgan fingerprint density at radius 1 is 1.15 bits per heavy atom. The largest absolute Gasteiger partial charge is 0.382 e. The van der Waals surface area contributed by atoms with E-state index in [4.69, 9.17) is 0 Å². The first-order chi connectivity index (χ1) is 12.6. The second-order valence-electron chi connectivity index (χ2n) is 7.45. The van der Waals surface area contributed by atoms with E-state index < -0.39 is 28.3 Å². The number of sulfone groups is 1. The molecule has 27 heavy (non-hydrogen) atoms. The fraction of sp³-hybridized carbons (Fsp3) is 0.400. The van der Waals surface area contributed by atoms with Gasteiger partial charge in [0.15, 0.2) is 9.84 Å². The zero-order valence-electron chi connectivity index (χ0n) is 14.7. The number of hydrogen-bond acceptors (Lipinski definition) is 3. The molecule has 0 aliphatic heterocycles. The van der Waals surface area contributed by atoms with Crippen LogP contribution >= 0.6 is 0 Å². The van der Waals surface area contributed by atoms with E-state index in [0.717, 1.165) is 23.8 Å². The summed E-state index contributed by atoms with van der Waals surface area (Å²) in [5.41, 5.74) is 2.34. The fourth-order valence-corrected chi connectivity index (χ4v) is 5.41. The van der Waals surface area contributed by atoms with Crippen molar-refractivity contribution in [2.75, 3.05) is 6.26 Å². The molecule has 0 bridgehead atoms. The molecule has 0 spiro atoms.